The van der Waals surface area contributed by atoms with Gasteiger partial charge in [0.25, 0.3) is 0 Å². The van der Waals surface area contributed by atoms with Crippen LogP contribution in [0.15, 0.2) is 72.8 Å². The fourth-order valence-corrected chi connectivity index (χ4v) is 2.65. The molecule has 0 saturated carbocycles. The lowest BCUT2D eigenvalue weighted by molar-refractivity contribution is -0.142. The lowest BCUT2D eigenvalue weighted by Crippen LogP contribution is -2.13. The highest BCUT2D eigenvalue weighted by Crippen LogP contribution is 2.24. The van der Waals surface area contributed by atoms with Crippen LogP contribution in [0, 0.1) is 34.6 Å². The molecule has 0 saturated heterocycles. The summed E-state index contributed by atoms with van der Waals surface area (Å²) < 4.78 is 9.91. The first-order chi connectivity index (χ1) is 14.8. The predicted octanol–water partition coefficient (Wildman–Crippen LogP) is 7.18. The normalized spacial score (nSPS) is 8.90. The second-order valence-electron chi connectivity index (χ2n) is 6.90. The number of rotatable bonds is 3. The van der Waals surface area contributed by atoms with E-state index in [2.05, 4.69) is 42.8 Å². The lowest BCUT2D eigenvalue weighted by atomic mass is 10.1. The molecule has 0 aliphatic rings. The average Bonchev–Trinajstić information content (AvgIpc) is 2.76. The largest absolute Gasteiger partial charge is 0.481 e. The summed E-state index contributed by atoms with van der Waals surface area (Å²) in [5, 5.41) is 0. The zero-order chi connectivity index (χ0) is 23.6. The molecule has 0 unspecified atom stereocenters. The predicted molar refractivity (Wildman–Crippen MR) is 132 cm³/mol. The van der Waals surface area contributed by atoms with Crippen LogP contribution in [0.25, 0.3) is 0 Å². The van der Waals surface area contributed by atoms with Gasteiger partial charge < -0.3 is 9.47 Å². The summed E-state index contributed by atoms with van der Waals surface area (Å²) in [6, 6.07) is 24.6. The number of benzene rings is 3. The minimum absolute atomic E-state index is 0.0404. The van der Waals surface area contributed by atoms with Crippen LogP contribution in [0.4, 0.5) is 0 Å². The first-order valence-electron chi connectivity index (χ1n) is 10.6. The number of hydrogen-bond acceptors (Lipinski definition) is 3. The Hall–Kier alpha value is -3.07. The Morgan fingerprint density at radius 3 is 1.35 bits per heavy atom. The quantitative estimate of drug-likeness (QED) is 0.419. The van der Waals surface area contributed by atoms with Gasteiger partial charge in [-0.2, -0.15) is 0 Å². The highest BCUT2D eigenvalue weighted by molar-refractivity contribution is 5.71. The number of hydrogen-bond donors (Lipinski definition) is 0. The monoisotopic (exact) mass is 422 g/mol. The fraction of sp³-hybridized carbons (Fsp3) is 0.321. The number of esters is 1. The summed E-state index contributed by atoms with van der Waals surface area (Å²) in [6.07, 6.45) is 0. The molecule has 3 aromatic carbocycles. The smallest absolute Gasteiger partial charge is 0.343 e. The molecule has 3 heteroatoms. The summed E-state index contributed by atoms with van der Waals surface area (Å²) in [4.78, 5) is 10.9. The third-order valence-electron chi connectivity index (χ3n) is 4.05. The molecule has 3 nitrogen and oxygen atoms in total. The van der Waals surface area contributed by atoms with Gasteiger partial charge in [0.2, 0.25) is 0 Å². The Morgan fingerprint density at radius 1 is 0.677 bits per heavy atom. The van der Waals surface area contributed by atoms with Gasteiger partial charge in [-0.1, -0.05) is 103 Å². The Labute approximate surface area is 189 Å². The first kappa shape index (κ1) is 27.9. The Kier molecular flexibility index (Phi) is 15.0. The van der Waals surface area contributed by atoms with E-state index in [1.54, 1.807) is 0 Å². The molecule has 0 N–H and O–H groups in total. The number of aryl methyl sites for hydroxylation is 5. The van der Waals surface area contributed by atoms with Crippen LogP contribution in [0.2, 0.25) is 0 Å². The van der Waals surface area contributed by atoms with Gasteiger partial charge in [0, 0.05) is 0 Å². The number of ether oxygens (including phenoxy) is 2. The van der Waals surface area contributed by atoms with Gasteiger partial charge in [0.15, 0.2) is 6.61 Å². The van der Waals surface area contributed by atoms with Gasteiger partial charge in [-0.05, 0) is 45.7 Å². The Bertz CT molecular complexity index is 795. The third-order valence-corrected chi connectivity index (χ3v) is 4.05. The van der Waals surface area contributed by atoms with Crippen molar-refractivity contribution in [1.82, 2.24) is 0 Å². The van der Waals surface area contributed by atoms with Crippen LogP contribution in [0.1, 0.15) is 41.7 Å². The van der Waals surface area contributed by atoms with Crippen LogP contribution in [-0.4, -0.2) is 19.7 Å². The zero-order valence-corrected chi connectivity index (χ0v) is 20.4. The van der Waals surface area contributed by atoms with Crippen molar-refractivity contribution in [3.63, 3.8) is 0 Å². The van der Waals surface area contributed by atoms with Crippen LogP contribution >= 0.6 is 0 Å². The molecule has 0 bridgehead atoms. The molecule has 31 heavy (non-hydrogen) atoms. The van der Waals surface area contributed by atoms with Crippen molar-refractivity contribution in [1.29, 1.82) is 0 Å². The molecule has 3 aromatic rings. The van der Waals surface area contributed by atoms with Gasteiger partial charge in [-0.3, -0.25) is 0 Å². The maximum atomic E-state index is 10.9. The van der Waals surface area contributed by atoms with Crippen LogP contribution in [0.3, 0.4) is 0 Å². The van der Waals surface area contributed by atoms with E-state index in [4.69, 9.17) is 4.74 Å². The van der Waals surface area contributed by atoms with Gasteiger partial charge >= 0.3 is 5.97 Å². The Balaban J connectivity index is 0.000000467. The summed E-state index contributed by atoms with van der Waals surface area (Å²) >= 11 is 0. The Morgan fingerprint density at radius 2 is 1.06 bits per heavy atom. The molecule has 0 fully saturated rings. The number of carbonyl (C=O) groups excluding carboxylic acids is 1. The molecular weight excluding hydrogens is 384 g/mol. The van der Waals surface area contributed by atoms with E-state index in [1.807, 2.05) is 83.1 Å². The number of carbonyl (C=O) groups is 1. The van der Waals surface area contributed by atoms with E-state index in [0.29, 0.717) is 0 Å². The van der Waals surface area contributed by atoms with E-state index in [0.717, 1.165) is 16.9 Å². The van der Waals surface area contributed by atoms with E-state index in [-0.39, 0.29) is 12.6 Å². The second kappa shape index (κ2) is 16.7. The second-order valence-corrected chi connectivity index (χ2v) is 6.90. The van der Waals surface area contributed by atoms with Gasteiger partial charge in [-0.25, -0.2) is 4.79 Å². The van der Waals surface area contributed by atoms with Crippen molar-refractivity contribution in [2.24, 2.45) is 0 Å². The fourth-order valence-electron chi connectivity index (χ4n) is 2.65. The molecule has 0 radical (unpaired) electrons. The summed E-state index contributed by atoms with van der Waals surface area (Å²) in [5.41, 5.74) is 5.91. The molecule has 0 aromatic heterocycles. The van der Waals surface area contributed by atoms with Crippen LogP contribution < -0.4 is 4.74 Å². The summed E-state index contributed by atoms with van der Waals surface area (Å²) in [5.74, 6) is 0.403. The topological polar surface area (TPSA) is 35.5 Å². The summed E-state index contributed by atoms with van der Waals surface area (Å²) in [6.45, 7) is 14.1. The SMILES string of the molecule is CC.COC(=O)COc1c(C)cc(C)cc1C.Cc1ccccc1.Cc1ccccc1. The highest BCUT2D eigenvalue weighted by Gasteiger charge is 2.07. The third kappa shape index (κ3) is 13.0. The van der Waals surface area contributed by atoms with Crippen molar-refractivity contribution in [3.05, 3.63) is 101 Å². The summed E-state index contributed by atoms with van der Waals surface area (Å²) in [7, 11) is 1.35. The van der Waals surface area contributed by atoms with E-state index in [1.165, 1.54) is 23.8 Å². The van der Waals surface area contributed by atoms with Crippen molar-refractivity contribution in [3.8, 4) is 5.75 Å². The van der Waals surface area contributed by atoms with Gasteiger partial charge in [0.05, 0.1) is 7.11 Å². The standard InChI is InChI=1S/C12H16O3.2C7H8.C2H6/c1-8-5-9(2)12(10(3)6-8)15-7-11(13)14-4;2*1-7-5-3-2-4-6-7;1-2/h5-6H,7H2,1-4H3;2*2-6H,1H3;1-2H3. The van der Waals surface area contributed by atoms with E-state index in [9.17, 15) is 4.79 Å². The maximum Gasteiger partial charge on any atom is 0.343 e. The van der Waals surface area contributed by atoms with Gasteiger partial charge in [-0.15, -0.1) is 0 Å². The molecule has 168 valence electrons. The zero-order valence-electron chi connectivity index (χ0n) is 20.4. The first-order valence-corrected chi connectivity index (χ1v) is 10.6. The molecule has 0 amide bonds. The molecule has 0 aliphatic carbocycles. The van der Waals surface area contributed by atoms with Crippen molar-refractivity contribution in [2.75, 3.05) is 13.7 Å². The van der Waals surface area contributed by atoms with E-state index >= 15 is 0 Å². The molecule has 0 atom stereocenters. The minimum Gasteiger partial charge on any atom is -0.481 e. The van der Waals surface area contributed by atoms with Crippen molar-refractivity contribution < 1.29 is 14.3 Å². The molecular formula is C28H38O3. The van der Waals surface area contributed by atoms with Crippen LogP contribution in [-0.2, 0) is 9.53 Å². The van der Waals surface area contributed by atoms with Crippen molar-refractivity contribution in [2.45, 2.75) is 48.5 Å². The average molecular weight is 423 g/mol. The number of methoxy groups -OCH3 is 1. The highest BCUT2D eigenvalue weighted by atomic mass is 16.6. The minimum atomic E-state index is -0.366. The molecule has 0 heterocycles. The molecule has 0 spiro atoms. The lowest BCUT2D eigenvalue weighted by Gasteiger charge is -2.11. The maximum absolute atomic E-state index is 10.9. The molecule has 0 aliphatic heterocycles. The van der Waals surface area contributed by atoms with Crippen LogP contribution in [0.5, 0.6) is 5.75 Å². The van der Waals surface area contributed by atoms with Gasteiger partial charge in [0.1, 0.15) is 5.75 Å². The molecule has 3 rings (SSSR count). The van der Waals surface area contributed by atoms with Crippen molar-refractivity contribution >= 4 is 5.97 Å². The van der Waals surface area contributed by atoms with E-state index < -0.39 is 0 Å².